The first-order chi connectivity index (χ1) is 13.6. The highest BCUT2D eigenvalue weighted by atomic mass is 32.2. The van der Waals surface area contributed by atoms with Gasteiger partial charge in [-0.25, -0.2) is 17.9 Å². The topological polar surface area (TPSA) is 118 Å². The first-order valence-electron chi connectivity index (χ1n) is 10.0. The van der Waals surface area contributed by atoms with Crippen molar-refractivity contribution in [3.05, 3.63) is 24.0 Å². The van der Waals surface area contributed by atoms with Crippen LogP contribution < -0.4 is 15.8 Å². The van der Waals surface area contributed by atoms with Crippen molar-refractivity contribution in [1.82, 2.24) is 5.32 Å². The van der Waals surface area contributed by atoms with Gasteiger partial charge >= 0.3 is 0 Å². The van der Waals surface area contributed by atoms with E-state index in [0.717, 1.165) is 55.2 Å². The minimum Gasteiger partial charge on any atom is -0.347 e. The predicted molar refractivity (Wildman–Crippen MR) is 105 cm³/mol. The molecule has 5 rings (SSSR count). The third-order valence-electron chi connectivity index (χ3n) is 6.63. The maximum Gasteiger partial charge on any atom is 0.243 e. The molecule has 4 N–H and O–H groups in total. The lowest BCUT2D eigenvalue weighted by Crippen LogP contribution is -2.48. The number of hydrogen-bond donors (Lipinski definition) is 3. The minimum atomic E-state index is -4.10. The van der Waals surface area contributed by atoms with Gasteiger partial charge in [0.05, 0.1) is 11.4 Å². The van der Waals surface area contributed by atoms with Crippen molar-refractivity contribution in [3.8, 4) is 0 Å². The third kappa shape index (κ3) is 4.61. The average molecular weight is 424 g/mol. The van der Waals surface area contributed by atoms with Gasteiger partial charge in [-0.05, 0) is 79.9 Å². The van der Waals surface area contributed by atoms with Gasteiger partial charge in [-0.3, -0.25) is 9.59 Å². The second-order valence-corrected chi connectivity index (χ2v) is 10.7. The van der Waals surface area contributed by atoms with E-state index < -0.39 is 26.6 Å². The van der Waals surface area contributed by atoms with E-state index >= 15 is 0 Å². The summed E-state index contributed by atoms with van der Waals surface area (Å²) in [5.74, 6) is 0.703. The van der Waals surface area contributed by atoms with Crippen LogP contribution in [0.3, 0.4) is 0 Å². The van der Waals surface area contributed by atoms with Crippen LogP contribution in [0.5, 0.6) is 0 Å². The van der Waals surface area contributed by atoms with E-state index in [9.17, 15) is 22.4 Å². The van der Waals surface area contributed by atoms with E-state index in [-0.39, 0.29) is 23.6 Å². The number of sulfonamides is 1. The lowest BCUT2D eigenvalue weighted by Gasteiger charge is -2.56. The summed E-state index contributed by atoms with van der Waals surface area (Å²) in [6.07, 6.45) is 7.68. The molecule has 2 amide bonds. The fraction of sp³-hybridized carbons (Fsp3) is 0.600. The van der Waals surface area contributed by atoms with Gasteiger partial charge in [0.2, 0.25) is 21.8 Å². The number of halogens is 1. The molecule has 4 fully saturated rings. The molecule has 0 atom stereocenters. The molecule has 29 heavy (non-hydrogen) atoms. The van der Waals surface area contributed by atoms with E-state index in [2.05, 4.69) is 10.6 Å². The molecule has 4 aliphatic carbocycles. The number of anilines is 1. The van der Waals surface area contributed by atoms with Gasteiger partial charge in [0.15, 0.2) is 0 Å². The van der Waals surface area contributed by atoms with Crippen LogP contribution in [0.2, 0.25) is 0 Å². The van der Waals surface area contributed by atoms with E-state index in [4.69, 9.17) is 5.14 Å². The summed E-state index contributed by atoms with van der Waals surface area (Å²) in [6.45, 7) is -0.258. The van der Waals surface area contributed by atoms with Crippen LogP contribution in [-0.4, -0.2) is 26.8 Å². The molecular formula is C20H26FN3O4S. The van der Waals surface area contributed by atoms with Crippen LogP contribution in [0.4, 0.5) is 10.1 Å². The number of carbonyl (C=O) groups excluding carboxylic acids is 2. The zero-order valence-electron chi connectivity index (χ0n) is 16.1. The maximum atomic E-state index is 13.6. The zero-order valence-corrected chi connectivity index (χ0v) is 16.9. The SMILES string of the molecule is NS(=O)(=O)c1cc(F)cc(NC(=O)CNC(=O)CC23CC4CC(CC(C4)C2)C3)c1. The van der Waals surface area contributed by atoms with E-state index in [1.54, 1.807) is 0 Å². The third-order valence-corrected chi connectivity index (χ3v) is 7.52. The van der Waals surface area contributed by atoms with Gasteiger partial charge in [-0.2, -0.15) is 0 Å². The average Bonchev–Trinajstić information content (AvgIpc) is 2.57. The van der Waals surface area contributed by atoms with Crippen molar-refractivity contribution in [2.75, 3.05) is 11.9 Å². The standard InChI is InChI=1S/C20H26FN3O4S/c21-15-4-16(6-17(5-15)29(22,27)28)24-19(26)11-23-18(25)10-20-7-12-1-13(8-20)3-14(2-12)9-20/h4-6,12-14H,1-3,7-11H2,(H,23,25)(H,24,26)(H2,22,27,28). The Hall–Kier alpha value is -2.00. The predicted octanol–water partition coefficient (Wildman–Crippen LogP) is 2.13. The van der Waals surface area contributed by atoms with Crippen molar-refractivity contribution < 1.29 is 22.4 Å². The molecule has 9 heteroatoms. The van der Waals surface area contributed by atoms with E-state index in [1.165, 1.54) is 19.3 Å². The van der Waals surface area contributed by atoms with E-state index in [1.807, 2.05) is 0 Å². The number of amides is 2. The fourth-order valence-electron chi connectivity index (χ4n) is 6.09. The van der Waals surface area contributed by atoms with Crippen LogP contribution in [0.1, 0.15) is 44.9 Å². The van der Waals surface area contributed by atoms with Gasteiger partial charge in [0.25, 0.3) is 0 Å². The highest BCUT2D eigenvalue weighted by molar-refractivity contribution is 7.89. The Labute approximate surface area is 169 Å². The molecule has 4 aliphatic rings. The van der Waals surface area contributed by atoms with Gasteiger partial charge < -0.3 is 10.6 Å². The van der Waals surface area contributed by atoms with Gasteiger partial charge in [0.1, 0.15) is 5.82 Å². The molecule has 7 nitrogen and oxygen atoms in total. The lowest BCUT2D eigenvalue weighted by molar-refractivity contribution is -0.131. The first kappa shape index (κ1) is 20.3. The number of hydrogen-bond acceptors (Lipinski definition) is 4. The Kier molecular flexibility index (Phi) is 5.14. The molecule has 4 bridgehead atoms. The van der Waals surface area contributed by atoms with Gasteiger partial charge in [-0.1, -0.05) is 0 Å². The second-order valence-electron chi connectivity index (χ2n) is 9.14. The monoisotopic (exact) mass is 423 g/mol. The normalized spacial score (nSPS) is 30.2. The Bertz CT molecular complexity index is 912. The first-order valence-corrected chi connectivity index (χ1v) is 11.5. The van der Waals surface area contributed by atoms with Gasteiger partial charge in [0, 0.05) is 12.1 Å². The summed E-state index contributed by atoms with van der Waals surface area (Å²) in [5, 5.41) is 10.0. The molecule has 158 valence electrons. The summed E-state index contributed by atoms with van der Waals surface area (Å²) >= 11 is 0. The number of carbonyl (C=O) groups is 2. The zero-order chi connectivity index (χ0) is 20.8. The van der Waals surface area contributed by atoms with Gasteiger partial charge in [-0.15, -0.1) is 0 Å². The Balaban J connectivity index is 1.31. The lowest BCUT2D eigenvalue weighted by atomic mass is 9.49. The smallest absolute Gasteiger partial charge is 0.243 e. The van der Waals surface area contributed by atoms with Crippen molar-refractivity contribution in [1.29, 1.82) is 0 Å². The van der Waals surface area contributed by atoms with Crippen molar-refractivity contribution in [2.45, 2.75) is 49.8 Å². The largest absolute Gasteiger partial charge is 0.347 e. The highest BCUT2D eigenvalue weighted by Crippen LogP contribution is 2.61. The molecule has 0 saturated heterocycles. The van der Waals surface area contributed by atoms with Crippen LogP contribution in [0.15, 0.2) is 23.1 Å². The fourth-order valence-corrected chi connectivity index (χ4v) is 6.66. The second kappa shape index (κ2) is 7.36. The summed E-state index contributed by atoms with van der Waals surface area (Å²) in [7, 11) is -4.10. The molecule has 0 aliphatic heterocycles. The molecule has 0 spiro atoms. The molecule has 4 saturated carbocycles. The number of nitrogens with two attached hydrogens (primary N) is 1. The molecule has 0 unspecified atom stereocenters. The molecule has 0 aromatic heterocycles. The molecular weight excluding hydrogens is 397 g/mol. The molecule has 0 heterocycles. The summed E-state index contributed by atoms with van der Waals surface area (Å²) in [6, 6.07) is 2.84. The Morgan fingerprint density at radius 2 is 1.62 bits per heavy atom. The number of benzene rings is 1. The Morgan fingerprint density at radius 1 is 1.03 bits per heavy atom. The van der Waals surface area contributed by atoms with Crippen molar-refractivity contribution in [3.63, 3.8) is 0 Å². The molecule has 1 aromatic carbocycles. The van der Waals surface area contributed by atoms with Crippen molar-refractivity contribution in [2.24, 2.45) is 28.3 Å². The highest BCUT2D eigenvalue weighted by Gasteiger charge is 2.51. The van der Waals surface area contributed by atoms with Crippen LogP contribution in [0.25, 0.3) is 0 Å². The minimum absolute atomic E-state index is 0.0330. The molecule has 0 radical (unpaired) electrons. The molecule has 1 aromatic rings. The number of primary sulfonamides is 1. The summed E-state index contributed by atoms with van der Waals surface area (Å²) < 4.78 is 36.4. The van der Waals surface area contributed by atoms with Crippen molar-refractivity contribution >= 4 is 27.5 Å². The van der Waals surface area contributed by atoms with E-state index in [0.29, 0.717) is 6.42 Å². The number of nitrogens with one attached hydrogen (secondary N) is 2. The number of rotatable bonds is 6. The quantitative estimate of drug-likeness (QED) is 0.649. The van der Waals surface area contributed by atoms with Crippen LogP contribution in [0, 0.1) is 29.0 Å². The Morgan fingerprint density at radius 3 is 2.17 bits per heavy atom. The summed E-state index contributed by atoms with van der Waals surface area (Å²) in [5.41, 5.74) is 0.0526. The van der Waals surface area contributed by atoms with Crippen LogP contribution >= 0.6 is 0 Å². The van der Waals surface area contributed by atoms with Crippen LogP contribution in [-0.2, 0) is 19.6 Å². The summed E-state index contributed by atoms with van der Waals surface area (Å²) in [4.78, 5) is 24.2. The maximum absolute atomic E-state index is 13.6.